The Morgan fingerprint density at radius 3 is 2.76 bits per heavy atom. The first-order valence-corrected chi connectivity index (χ1v) is 7.26. The largest absolute Gasteiger partial charge is 0.321 e. The maximum Gasteiger partial charge on any atom is 0.0969 e. The number of nitrogens with two attached hydrogens (primary N) is 1. The SMILES string of the molecule is NC1(c2ccc3nc(C4CC4)sc3c2)CCC1. The number of rotatable bonds is 2. The molecule has 3 heteroatoms. The van der Waals surface area contributed by atoms with Gasteiger partial charge in [0.2, 0.25) is 0 Å². The molecule has 2 N–H and O–H groups in total. The van der Waals surface area contributed by atoms with E-state index < -0.39 is 0 Å². The summed E-state index contributed by atoms with van der Waals surface area (Å²) in [5.74, 6) is 0.756. The molecule has 0 aliphatic heterocycles. The van der Waals surface area contributed by atoms with Gasteiger partial charge in [0.25, 0.3) is 0 Å². The Morgan fingerprint density at radius 1 is 1.29 bits per heavy atom. The molecule has 88 valence electrons. The molecule has 0 atom stereocenters. The number of hydrogen-bond acceptors (Lipinski definition) is 3. The first kappa shape index (κ1) is 10.0. The van der Waals surface area contributed by atoms with Crippen LogP contribution < -0.4 is 5.73 Å². The van der Waals surface area contributed by atoms with Crippen LogP contribution in [0.2, 0.25) is 0 Å². The number of hydrogen-bond donors (Lipinski definition) is 1. The first-order chi connectivity index (χ1) is 8.24. The number of nitrogens with zero attached hydrogens (tertiary/aromatic N) is 1. The van der Waals surface area contributed by atoms with Gasteiger partial charge in [-0.15, -0.1) is 11.3 Å². The molecule has 1 aromatic carbocycles. The van der Waals surface area contributed by atoms with Crippen molar-refractivity contribution in [2.24, 2.45) is 5.73 Å². The lowest BCUT2D eigenvalue weighted by molar-refractivity contribution is 0.254. The van der Waals surface area contributed by atoms with Crippen LogP contribution in [0.4, 0.5) is 0 Å². The maximum atomic E-state index is 6.38. The molecule has 2 aliphatic rings. The van der Waals surface area contributed by atoms with Crippen LogP contribution in [0.1, 0.15) is 48.6 Å². The summed E-state index contributed by atoms with van der Waals surface area (Å²) in [6.07, 6.45) is 6.19. The molecule has 2 aromatic rings. The average molecular weight is 244 g/mol. The Hall–Kier alpha value is -0.930. The Kier molecular flexibility index (Phi) is 1.95. The fourth-order valence-electron chi connectivity index (χ4n) is 2.60. The zero-order chi connectivity index (χ0) is 11.5. The Labute approximate surface area is 105 Å². The molecule has 0 unspecified atom stereocenters. The van der Waals surface area contributed by atoms with Crippen LogP contribution in [-0.4, -0.2) is 4.98 Å². The average Bonchev–Trinajstić information content (AvgIpc) is 3.05. The maximum absolute atomic E-state index is 6.38. The van der Waals surface area contributed by atoms with Crippen LogP contribution in [-0.2, 0) is 5.54 Å². The van der Waals surface area contributed by atoms with E-state index in [4.69, 9.17) is 10.7 Å². The number of aromatic nitrogens is 1. The molecule has 0 amide bonds. The molecule has 0 radical (unpaired) electrons. The van der Waals surface area contributed by atoms with Crippen molar-refractivity contribution < 1.29 is 0 Å². The van der Waals surface area contributed by atoms with Crippen molar-refractivity contribution in [3.05, 3.63) is 28.8 Å². The lowest BCUT2D eigenvalue weighted by Crippen LogP contribution is -2.43. The van der Waals surface area contributed by atoms with Gasteiger partial charge in [0, 0.05) is 11.5 Å². The van der Waals surface area contributed by atoms with E-state index >= 15 is 0 Å². The predicted molar refractivity (Wildman–Crippen MR) is 71.3 cm³/mol. The smallest absolute Gasteiger partial charge is 0.0969 e. The topological polar surface area (TPSA) is 38.9 Å². The van der Waals surface area contributed by atoms with Gasteiger partial charge < -0.3 is 5.73 Å². The first-order valence-electron chi connectivity index (χ1n) is 6.44. The summed E-state index contributed by atoms with van der Waals surface area (Å²) in [6.45, 7) is 0. The van der Waals surface area contributed by atoms with E-state index in [0.717, 1.165) is 24.3 Å². The minimum atomic E-state index is -0.0437. The normalized spacial score (nSPS) is 22.6. The van der Waals surface area contributed by atoms with Crippen LogP contribution in [0, 0.1) is 0 Å². The van der Waals surface area contributed by atoms with E-state index in [0.29, 0.717) is 0 Å². The van der Waals surface area contributed by atoms with E-state index in [1.807, 2.05) is 11.3 Å². The number of benzene rings is 1. The Bertz CT molecular complexity index is 579. The van der Waals surface area contributed by atoms with Crippen molar-refractivity contribution in [2.45, 2.75) is 43.6 Å². The molecule has 2 nitrogen and oxygen atoms in total. The molecule has 0 bridgehead atoms. The summed E-state index contributed by atoms with van der Waals surface area (Å²) < 4.78 is 1.32. The lowest BCUT2D eigenvalue weighted by Gasteiger charge is -2.38. The minimum absolute atomic E-state index is 0.0437. The molecule has 2 saturated carbocycles. The van der Waals surface area contributed by atoms with Gasteiger partial charge in [-0.05, 0) is 49.8 Å². The second-order valence-corrected chi connectivity index (χ2v) is 6.58. The molecule has 0 spiro atoms. The summed E-state index contributed by atoms with van der Waals surface area (Å²) in [5.41, 5.74) is 8.80. The van der Waals surface area contributed by atoms with Crippen LogP contribution >= 0.6 is 11.3 Å². The van der Waals surface area contributed by atoms with E-state index in [1.54, 1.807) is 0 Å². The zero-order valence-corrected chi connectivity index (χ0v) is 10.6. The molecule has 4 rings (SSSR count). The second kappa shape index (κ2) is 3.30. The highest BCUT2D eigenvalue weighted by atomic mass is 32.1. The van der Waals surface area contributed by atoms with E-state index in [-0.39, 0.29) is 5.54 Å². The fraction of sp³-hybridized carbons (Fsp3) is 0.500. The van der Waals surface area contributed by atoms with Crippen LogP contribution in [0.25, 0.3) is 10.2 Å². The van der Waals surface area contributed by atoms with Gasteiger partial charge in [0.05, 0.1) is 15.2 Å². The van der Waals surface area contributed by atoms with Gasteiger partial charge in [0.15, 0.2) is 0 Å². The molecule has 2 fully saturated rings. The third kappa shape index (κ3) is 1.53. The highest BCUT2D eigenvalue weighted by Crippen LogP contribution is 2.44. The van der Waals surface area contributed by atoms with Gasteiger partial charge in [-0.2, -0.15) is 0 Å². The quantitative estimate of drug-likeness (QED) is 0.878. The van der Waals surface area contributed by atoms with Crippen molar-refractivity contribution in [3.8, 4) is 0 Å². The molecule has 0 saturated heterocycles. The summed E-state index contributed by atoms with van der Waals surface area (Å²) in [6, 6.07) is 6.61. The van der Waals surface area contributed by atoms with E-state index in [1.165, 1.54) is 34.5 Å². The van der Waals surface area contributed by atoms with Crippen LogP contribution in [0.15, 0.2) is 18.2 Å². The molecule has 1 aromatic heterocycles. The molecular weight excluding hydrogens is 228 g/mol. The highest BCUT2D eigenvalue weighted by Gasteiger charge is 2.34. The summed E-state index contributed by atoms with van der Waals surface area (Å²) in [5, 5.41) is 1.33. The molecule has 1 heterocycles. The fourth-order valence-corrected chi connectivity index (χ4v) is 3.78. The van der Waals surface area contributed by atoms with Gasteiger partial charge >= 0.3 is 0 Å². The Morgan fingerprint density at radius 2 is 2.12 bits per heavy atom. The summed E-state index contributed by atoms with van der Waals surface area (Å²) >= 11 is 1.87. The third-order valence-corrected chi connectivity index (χ3v) is 5.33. The van der Waals surface area contributed by atoms with Gasteiger partial charge in [-0.25, -0.2) is 4.98 Å². The van der Waals surface area contributed by atoms with E-state index in [2.05, 4.69) is 18.2 Å². The van der Waals surface area contributed by atoms with E-state index in [9.17, 15) is 0 Å². The van der Waals surface area contributed by atoms with Crippen LogP contribution in [0.5, 0.6) is 0 Å². The summed E-state index contributed by atoms with van der Waals surface area (Å²) in [4.78, 5) is 4.72. The van der Waals surface area contributed by atoms with Crippen molar-refractivity contribution in [3.63, 3.8) is 0 Å². The van der Waals surface area contributed by atoms with Crippen molar-refractivity contribution in [1.82, 2.24) is 4.98 Å². The molecular formula is C14H16N2S. The summed E-state index contributed by atoms with van der Waals surface area (Å²) in [7, 11) is 0. The van der Waals surface area contributed by atoms with Gasteiger partial charge in [0.1, 0.15) is 0 Å². The van der Waals surface area contributed by atoms with Crippen molar-refractivity contribution in [2.75, 3.05) is 0 Å². The minimum Gasteiger partial charge on any atom is -0.321 e. The number of fused-ring (bicyclic) bond motifs is 1. The lowest BCUT2D eigenvalue weighted by atomic mass is 9.73. The second-order valence-electron chi connectivity index (χ2n) is 5.52. The van der Waals surface area contributed by atoms with Gasteiger partial charge in [-0.1, -0.05) is 6.07 Å². The Balaban J connectivity index is 1.80. The predicted octanol–water partition coefficient (Wildman–Crippen LogP) is 3.51. The zero-order valence-electron chi connectivity index (χ0n) is 9.78. The highest BCUT2D eigenvalue weighted by molar-refractivity contribution is 7.18. The standard InChI is InChI=1S/C14H16N2S/c15-14(6-1-7-14)10-4-5-11-12(8-10)17-13(16-11)9-2-3-9/h4-5,8-9H,1-3,6-7,15H2. The van der Waals surface area contributed by atoms with Crippen LogP contribution in [0.3, 0.4) is 0 Å². The molecule has 17 heavy (non-hydrogen) atoms. The van der Waals surface area contributed by atoms with Crippen molar-refractivity contribution in [1.29, 1.82) is 0 Å². The monoisotopic (exact) mass is 244 g/mol. The van der Waals surface area contributed by atoms with Gasteiger partial charge in [-0.3, -0.25) is 0 Å². The third-order valence-electron chi connectivity index (χ3n) is 4.15. The van der Waals surface area contributed by atoms with Crippen molar-refractivity contribution >= 4 is 21.6 Å². The molecule has 2 aliphatic carbocycles. The number of thiazole rings is 1.